The lowest BCUT2D eigenvalue weighted by Crippen LogP contribution is -2.45. The third-order valence-electron chi connectivity index (χ3n) is 4.83. The van der Waals surface area contributed by atoms with Crippen molar-refractivity contribution >= 4 is 0 Å². The summed E-state index contributed by atoms with van der Waals surface area (Å²) in [5, 5.41) is 0. The van der Waals surface area contributed by atoms with Gasteiger partial charge in [0.1, 0.15) is 0 Å². The molecule has 3 aliphatic rings. The smallest absolute Gasteiger partial charge is 0.0767 e. The predicted molar refractivity (Wildman–Crippen MR) is 70.0 cm³/mol. The first kappa shape index (κ1) is 11.7. The first-order valence-corrected chi connectivity index (χ1v) is 7.33. The van der Waals surface area contributed by atoms with Crippen LogP contribution >= 0.6 is 0 Å². The fourth-order valence-corrected chi connectivity index (χ4v) is 3.68. The fraction of sp³-hybridized carbons (Fsp3) is 0.867. The van der Waals surface area contributed by atoms with Crippen LogP contribution in [0.3, 0.4) is 0 Å². The Morgan fingerprint density at radius 2 is 2.12 bits per heavy atom. The zero-order valence-electron chi connectivity index (χ0n) is 11.0. The molecule has 2 saturated heterocycles. The zero-order valence-corrected chi connectivity index (χ0v) is 11.0. The van der Waals surface area contributed by atoms with Gasteiger partial charge in [0.15, 0.2) is 0 Å². The molecule has 2 bridgehead atoms. The molecule has 2 fully saturated rings. The number of fused-ring (bicyclic) bond motifs is 2. The molecule has 0 aromatic carbocycles. The molecule has 0 spiro atoms. The maximum Gasteiger partial charge on any atom is 0.0767 e. The van der Waals surface area contributed by atoms with Crippen molar-refractivity contribution in [2.75, 3.05) is 26.2 Å². The molecule has 0 radical (unpaired) electrons. The highest BCUT2D eigenvalue weighted by atomic mass is 16.5. The minimum Gasteiger partial charge on any atom is -0.376 e. The number of nitrogens with zero attached hydrogens (tertiary/aromatic N) is 1. The van der Waals surface area contributed by atoms with E-state index in [1.54, 1.807) is 5.57 Å². The molecule has 2 nitrogen and oxygen atoms in total. The third-order valence-corrected chi connectivity index (χ3v) is 4.83. The van der Waals surface area contributed by atoms with E-state index >= 15 is 0 Å². The van der Waals surface area contributed by atoms with E-state index in [9.17, 15) is 0 Å². The van der Waals surface area contributed by atoms with Gasteiger partial charge in [-0.15, -0.1) is 0 Å². The van der Waals surface area contributed by atoms with Crippen molar-refractivity contribution in [3.05, 3.63) is 11.6 Å². The van der Waals surface area contributed by atoms with Gasteiger partial charge in [-0.05, 0) is 51.6 Å². The van der Waals surface area contributed by atoms with E-state index in [0.717, 1.165) is 12.5 Å². The molecule has 0 aromatic rings. The molecular weight excluding hydrogens is 210 g/mol. The standard InChI is InChI=1S/C15H25NO/c1-12-5-6-13-9-14(12)15(17-11-13)10-16-7-3-2-4-8-16/h5,13-15H,2-4,6-11H2,1H3/t13-,14-,15-/m1/s1. The highest BCUT2D eigenvalue weighted by molar-refractivity contribution is 5.12. The average Bonchev–Trinajstić information content (AvgIpc) is 2.38. The van der Waals surface area contributed by atoms with Crippen LogP contribution in [0, 0.1) is 11.8 Å². The average molecular weight is 235 g/mol. The number of ether oxygens (including phenoxy) is 1. The van der Waals surface area contributed by atoms with Gasteiger partial charge >= 0.3 is 0 Å². The first-order valence-electron chi connectivity index (χ1n) is 7.33. The molecule has 2 heterocycles. The van der Waals surface area contributed by atoms with Gasteiger partial charge in [-0.1, -0.05) is 18.1 Å². The van der Waals surface area contributed by atoms with Crippen molar-refractivity contribution < 1.29 is 4.74 Å². The second-order valence-electron chi connectivity index (χ2n) is 6.13. The number of allylic oxidation sites excluding steroid dienone is 1. The molecule has 0 N–H and O–H groups in total. The number of rotatable bonds is 2. The molecule has 3 atom stereocenters. The molecule has 17 heavy (non-hydrogen) atoms. The van der Waals surface area contributed by atoms with Crippen LogP contribution in [0.5, 0.6) is 0 Å². The molecule has 0 amide bonds. The predicted octanol–water partition coefficient (Wildman–Crippen LogP) is 2.84. The van der Waals surface area contributed by atoms with Crippen molar-refractivity contribution in [2.24, 2.45) is 11.8 Å². The van der Waals surface area contributed by atoms with E-state index < -0.39 is 0 Å². The highest BCUT2D eigenvalue weighted by Crippen LogP contribution is 2.37. The van der Waals surface area contributed by atoms with Crippen molar-refractivity contribution in [1.29, 1.82) is 0 Å². The van der Waals surface area contributed by atoms with Crippen LogP contribution in [0.15, 0.2) is 11.6 Å². The van der Waals surface area contributed by atoms with Gasteiger partial charge in [-0.25, -0.2) is 0 Å². The van der Waals surface area contributed by atoms with Crippen molar-refractivity contribution in [3.8, 4) is 0 Å². The summed E-state index contributed by atoms with van der Waals surface area (Å²) in [6.07, 6.45) is 9.75. The number of piperidine rings is 1. The Bertz CT molecular complexity index is 293. The van der Waals surface area contributed by atoms with Crippen LogP contribution in [-0.2, 0) is 4.74 Å². The highest BCUT2D eigenvalue weighted by Gasteiger charge is 2.35. The largest absolute Gasteiger partial charge is 0.376 e. The van der Waals surface area contributed by atoms with E-state index in [1.807, 2.05) is 0 Å². The normalized spacial score (nSPS) is 38.9. The topological polar surface area (TPSA) is 12.5 Å². The van der Waals surface area contributed by atoms with E-state index in [4.69, 9.17) is 4.74 Å². The molecule has 2 heteroatoms. The third kappa shape index (κ3) is 2.58. The summed E-state index contributed by atoms with van der Waals surface area (Å²) in [6.45, 7) is 7.05. The summed E-state index contributed by atoms with van der Waals surface area (Å²) in [5.41, 5.74) is 1.59. The zero-order chi connectivity index (χ0) is 11.7. The maximum atomic E-state index is 6.14. The van der Waals surface area contributed by atoms with E-state index in [0.29, 0.717) is 12.0 Å². The van der Waals surface area contributed by atoms with E-state index in [-0.39, 0.29) is 0 Å². The van der Waals surface area contributed by atoms with Gasteiger partial charge in [-0.2, -0.15) is 0 Å². The molecule has 1 aliphatic carbocycles. The Morgan fingerprint density at radius 3 is 2.94 bits per heavy atom. The maximum absolute atomic E-state index is 6.14. The Hall–Kier alpha value is -0.340. The van der Waals surface area contributed by atoms with Gasteiger partial charge in [0.25, 0.3) is 0 Å². The van der Waals surface area contributed by atoms with Crippen LogP contribution in [0.2, 0.25) is 0 Å². The first-order chi connectivity index (χ1) is 8.33. The molecule has 0 aromatic heterocycles. The SMILES string of the molecule is CC1=CC[C@H]2CO[C@H](CN3CCCCC3)[C@@H]1C2. The van der Waals surface area contributed by atoms with Gasteiger partial charge in [0.2, 0.25) is 0 Å². The lowest BCUT2D eigenvalue weighted by Gasteiger charge is -2.42. The second-order valence-corrected chi connectivity index (χ2v) is 6.13. The van der Waals surface area contributed by atoms with Crippen molar-refractivity contribution in [3.63, 3.8) is 0 Å². The molecule has 96 valence electrons. The summed E-state index contributed by atoms with van der Waals surface area (Å²) in [6, 6.07) is 0. The molecule has 0 saturated carbocycles. The Balaban J connectivity index is 1.62. The Labute approximate surface area is 105 Å². The Kier molecular flexibility index (Phi) is 3.53. The Morgan fingerprint density at radius 1 is 1.29 bits per heavy atom. The van der Waals surface area contributed by atoms with Crippen LogP contribution < -0.4 is 0 Å². The summed E-state index contributed by atoms with van der Waals surface area (Å²) >= 11 is 0. The number of hydrogen-bond donors (Lipinski definition) is 0. The van der Waals surface area contributed by atoms with Crippen LogP contribution in [0.4, 0.5) is 0 Å². The van der Waals surface area contributed by atoms with Crippen LogP contribution in [0.25, 0.3) is 0 Å². The lowest BCUT2D eigenvalue weighted by atomic mass is 9.77. The lowest BCUT2D eigenvalue weighted by molar-refractivity contribution is -0.0650. The molecular formula is C15H25NO. The van der Waals surface area contributed by atoms with Gasteiger partial charge in [0, 0.05) is 12.5 Å². The van der Waals surface area contributed by atoms with E-state index in [2.05, 4.69) is 17.9 Å². The summed E-state index contributed by atoms with van der Waals surface area (Å²) in [7, 11) is 0. The van der Waals surface area contributed by atoms with Crippen molar-refractivity contribution in [2.45, 2.75) is 45.1 Å². The van der Waals surface area contributed by atoms with Crippen molar-refractivity contribution in [1.82, 2.24) is 4.90 Å². The molecule has 3 rings (SSSR count). The minimum absolute atomic E-state index is 0.473. The van der Waals surface area contributed by atoms with Crippen LogP contribution in [0.1, 0.15) is 39.0 Å². The van der Waals surface area contributed by atoms with Gasteiger partial charge < -0.3 is 9.64 Å². The molecule has 2 aliphatic heterocycles. The number of hydrogen-bond acceptors (Lipinski definition) is 2. The van der Waals surface area contributed by atoms with Gasteiger partial charge in [0.05, 0.1) is 12.7 Å². The van der Waals surface area contributed by atoms with Crippen LogP contribution in [-0.4, -0.2) is 37.2 Å². The fourth-order valence-electron chi connectivity index (χ4n) is 3.68. The minimum atomic E-state index is 0.473. The monoisotopic (exact) mass is 235 g/mol. The summed E-state index contributed by atoms with van der Waals surface area (Å²) in [4.78, 5) is 2.62. The second kappa shape index (κ2) is 5.11. The number of likely N-dealkylation sites (tertiary alicyclic amines) is 1. The quantitative estimate of drug-likeness (QED) is 0.682. The summed E-state index contributed by atoms with van der Waals surface area (Å²) < 4.78 is 6.14. The summed E-state index contributed by atoms with van der Waals surface area (Å²) in [5.74, 6) is 1.52. The van der Waals surface area contributed by atoms with Gasteiger partial charge in [-0.3, -0.25) is 0 Å². The van der Waals surface area contributed by atoms with E-state index in [1.165, 1.54) is 51.7 Å². The molecule has 0 unspecified atom stereocenters.